The first-order valence-electron chi connectivity index (χ1n) is 9.28. The van der Waals surface area contributed by atoms with Crippen molar-refractivity contribution in [3.63, 3.8) is 0 Å². The summed E-state index contributed by atoms with van der Waals surface area (Å²) in [7, 11) is 0. The van der Waals surface area contributed by atoms with Gasteiger partial charge in [0.15, 0.2) is 0 Å². The molecule has 2 aliphatic heterocycles. The third-order valence-electron chi connectivity index (χ3n) is 5.95. The molecule has 3 fully saturated rings. The molecule has 0 bridgehead atoms. The van der Waals surface area contributed by atoms with Crippen LogP contribution < -0.4 is 16.0 Å². The first kappa shape index (κ1) is 19.6. The van der Waals surface area contributed by atoms with Crippen LogP contribution >= 0.6 is 12.4 Å². The molecule has 1 aromatic carbocycles. The molecule has 146 valence electrons. The van der Waals surface area contributed by atoms with Crippen molar-refractivity contribution >= 4 is 35.9 Å². The minimum Gasteiger partial charge on any atom is -0.329 e. The highest BCUT2D eigenvalue weighted by Gasteiger charge is 2.49. The zero-order valence-electron chi connectivity index (χ0n) is 15.1. The molecule has 1 saturated carbocycles. The number of halogens is 1. The van der Waals surface area contributed by atoms with Crippen molar-refractivity contribution in [2.24, 2.45) is 11.3 Å². The normalized spacial score (nSPS) is 27.0. The van der Waals surface area contributed by atoms with E-state index in [4.69, 9.17) is 0 Å². The lowest BCUT2D eigenvalue weighted by molar-refractivity contribution is -0.128. The lowest BCUT2D eigenvalue weighted by Crippen LogP contribution is -2.44. The van der Waals surface area contributed by atoms with Crippen LogP contribution in [0.3, 0.4) is 0 Å². The molecule has 0 aromatic heterocycles. The van der Waals surface area contributed by atoms with Gasteiger partial charge < -0.3 is 16.0 Å². The van der Waals surface area contributed by atoms with E-state index in [0.29, 0.717) is 11.6 Å². The summed E-state index contributed by atoms with van der Waals surface area (Å²) < 4.78 is 0. The second kappa shape index (κ2) is 7.86. The summed E-state index contributed by atoms with van der Waals surface area (Å²) in [5, 5.41) is 8.98. The average Bonchev–Trinajstić information content (AvgIpc) is 3.21. The van der Waals surface area contributed by atoms with Crippen LogP contribution in [0.5, 0.6) is 0 Å². The Morgan fingerprint density at radius 1 is 1.30 bits per heavy atom. The fraction of sp³-hybridized carbons (Fsp3) is 0.526. The van der Waals surface area contributed by atoms with Gasteiger partial charge in [0.1, 0.15) is 0 Å². The van der Waals surface area contributed by atoms with Gasteiger partial charge in [-0.05, 0) is 43.0 Å². The topological polar surface area (TPSA) is 90.5 Å². The predicted octanol–water partition coefficient (Wildman–Crippen LogP) is 1.88. The zero-order valence-corrected chi connectivity index (χ0v) is 15.9. The standard InChI is InChI=1S/C19H24N4O3.ClH/c24-16-10-21-18(26)23(16)11-13-4-3-6-15(8-13)22-17(25)19-7-2-1-5-14(19)9-20-12-19;/h3-4,6,8,14,20H,1-2,5,7,9-12H2,(H,21,26)(H,22,25);1H/t14-,19+;/m0./s1. The molecule has 4 rings (SSSR count). The molecular formula is C19H25ClN4O3. The minimum atomic E-state index is -0.370. The van der Waals surface area contributed by atoms with Gasteiger partial charge in [-0.1, -0.05) is 25.0 Å². The summed E-state index contributed by atoms with van der Waals surface area (Å²) >= 11 is 0. The maximum Gasteiger partial charge on any atom is 0.324 e. The summed E-state index contributed by atoms with van der Waals surface area (Å²) in [5.74, 6) is 0.259. The lowest BCUT2D eigenvalue weighted by atomic mass is 9.67. The molecule has 7 nitrogen and oxygen atoms in total. The van der Waals surface area contributed by atoms with E-state index in [-0.39, 0.29) is 48.8 Å². The maximum absolute atomic E-state index is 13.1. The molecule has 3 aliphatic rings. The van der Waals surface area contributed by atoms with Gasteiger partial charge in [-0.15, -0.1) is 12.4 Å². The van der Waals surface area contributed by atoms with Gasteiger partial charge in [0.25, 0.3) is 0 Å². The van der Waals surface area contributed by atoms with Crippen molar-refractivity contribution in [2.75, 3.05) is 25.0 Å². The van der Waals surface area contributed by atoms with Crippen molar-refractivity contribution in [3.8, 4) is 0 Å². The number of carbonyl (C=O) groups excluding carboxylic acids is 3. The highest BCUT2D eigenvalue weighted by Crippen LogP contribution is 2.44. The van der Waals surface area contributed by atoms with Gasteiger partial charge in [-0.25, -0.2) is 4.79 Å². The van der Waals surface area contributed by atoms with Gasteiger partial charge in [0.2, 0.25) is 11.8 Å². The van der Waals surface area contributed by atoms with E-state index in [0.717, 1.165) is 37.9 Å². The van der Waals surface area contributed by atoms with Crippen LogP contribution in [0.25, 0.3) is 0 Å². The first-order chi connectivity index (χ1) is 12.6. The molecule has 2 atom stereocenters. The fourth-order valence-corrected chi connectivity index (χ4v) is 4.49. The highest BCUT2D eigenvalue weighted by atomic mass is 35.5. The summed E-state index contributed by atoms with van der Waals surface area (Å²) in [6.07, 6.45) is 4.33. The number of imide groups is 1. The predicted molar refractivity (Wildman–Crippen MR) is 104 cm³/mol. The lowest BCUT2D eigenvalue weighted by Gasteiger charge is -2.37. The van der Waals surface area contributed by atoms with Crippen LogP contribution in [0.2, 0.25) is 0 Å². The summed E-state index contributed by atoms with van der Waals surface area (Å²) in [6.45, 7) is 1.92. The van der Waals surface area contributed by atoms with Gasteiger partial charge in [0.05, 0.1) is 18.5 Å². The number of nitrogens with zero attached hydrogens (tertiary/aromatic N) is 1. The largest absolute Gasteiger partial charge is 0.329 e. The number of hydrogen-bond donors (Lipinski definition) is 3. The van der Waals surface area contributed by atoms with Crippen LogP contribution in [-0.4, -0.2) is 42.4 Å². The molecule has 1 aromatic rings. The number of hydrogen-bond acceptors (Lipinski definition) is 4. The number of carbonyl (C=O) groups is 3. The molecule has 3 N–H and O–H groups in total. The van der Waals surface area contributed by atoms with Crippen molar-refractivity contribution < 1.29 is 14.4 Å². The number of anilines is 1. The SMILES string of the molecule is Cl.O=C1CNC(=O)N1Cc1cccc(NC(=O)[C@@]23CCCC[C@H]2CNC3)c1. The summed E-state index contributed by atoms with van der Waals surface area (Å²) in [6, 6.07) is 7.02. The monoisotopic (exact) mass is 392 g/mol. The Kier molecular flexibility index (Phi) is 5.72. The van der Waals surface area contributed by atoms with Gasteiger partial charge in [0, 0.05) is 12.2 Å². The molecule has 2 heterocycles. The van der Waals surface area contributed by atoms with E-state index in [9.17, 15) is 14.4 Å². The van der Waals surface area contributed by atoms with Gasteiger partial charge >= 0.3 is 6.03 Å². The number of fused-ring (bicyclic) bond motifs is 1. The number of nitrogens with one attached hydrogen (secondary N) is 3. The number of benzene rings is 1. The van der Waals surface area contributed by atoms with Crippen LogP contribution in [0.1, 0.15) is 31.2 Å². The molecule has 27 heavy (non-hydrogen) atoms. The van der Waals surface area contributed by atoms with Crippen molar-refractivity contribution in [1.82, 2.24) is 15.5 Å². The summed E-state index contributed by atoms with van der Waals surface area (Å²) in [4.78, 5) is 37.7. The van der Waals surface area contributed by atoms with E-state index >= 15 is 0 Å². The molecule has 1 aliphatic carbocycles. The molecule has 0 radical (unpaired) electrons. The van der Waals surface area contributed by atoms with Crippen LogP contribution in [-0.2, 0) is 16.1 Å². The Hall–Kier alpha value is -2.12. The van der Waals surface area contributed by atoms with Gasteiger partial charge in [-0.2, -0.15) is 0 Å². The van der Waals surface area contributed by atoms with E-state index in [1.807, 2.05) is 24.3 Å². The average molecular weight is 393 g/mol. The highest BCUT2D eigenvalue weighted by molar-refractivity contribution is 6.02. The third-order valence-corrected chi connectivity index (χ3v) is 5.95. The quantitative estimate of drug-likeness (QED) is 0.682. The third kappa shape index (κ3) is 3.66. The van der Waals surface area contributed by atoms with Crippen LogP contribution in [0.4, 0.5) is 10.5 Å². The van der Waals surface area contributed by atoms with E-state index in [1.165, 1.54) is 11.3 Å². The Bertz CT molecular complexity index is 740. The second-order valence-corrected chi connectivity index (χ2v) is 7.52. The van der Waals surface area contributed by atoms with Crippen molar-refractivity contribution in [2.45, 2.75) is 32.2 Å². The smallest absolute Gasteiger partial charge is 0.324 e. The van der Waals surface area contributed by atoms with E-state index < -0.39 is 0 Å². The Morgan fingerprint density at radius 3 is 2.93 bits per heavy atom. The zero-order chi connectivity index (χ0) is 18.1. The number of urea groups is 1. The molecule has 8 heteroatoms. The Labute approximate surface area is 164 Å². The number of amides is 4. The van der Waals surface area contributed by atoms with E-state index in [2.05, 4.69) is 16.0 Å². The minimum absolute atomic E-state index is 0. The Balaban J connectivity index is 0.00000210. The van der Waals surface area contributed by atoms with Crippen LogP contribution in [0.15, 0.2) is 24.3 Å². The molecule has 4 amide bonds. The van der Waals surface area contributed by atoms with E-state index in [1.54, 1.807) is 0 Å². The van der Waals surface area contributed by atoms with Crippen molar-refractivity contribution in [3.05, 3.63) is 29.8 Å². The second-order valence-electron chi connectivity index (χ2n) is 7.52. The van der Waals surface area contributed by atoms with Crippen LogP contribution in [0, 0.1) is 11.3 Å². The van der Waals surface area contributed by atoms with Crippen molar-refractivity contribution in [1.29, 1.82) is 0 Å². The summed E-state index contributed by atoms with van der Waals surface area (Å²) in [5.41, 5.74) is 1.22. The molecule has 2 saturated heterocycles. The molecular weight excluding hydrogens is 368 g/mol. The molecule has 0 unspecified atom stereocenters. The fourth-order valence-electron chi connectivity index (χ4n) is 4.49. The maximum atomic E-state index is 13.1. The first-order valence-corrected chi connectivity index (χ1v) is 9.28. The Morgan fingerprint density at radius 2 is 2.15 bits per heavy atom. The van der Waals surface area contributed by atoms with Gasteiger partial charge in [-0.3, -0.25) is 14.5 Å². The number of rotatable bonds is 4. The molecule has 0 spiro atoms.